The molecule has 0 spiro atoms. The highest BCUT2D eigenvalue weighted by Gasteiger charge is 2.43. The summed E-state index contributed by atoms with van der Waals surface area (Å²) >= 11 is 0. The van der Waals surface area contributed by atoms with Crippen molar-refractivity contribution in [2.75, 3.05) is 0 Å². The predicted octanol–water partition coefficient (Wildman–Crippen LogP) is 2.85. The van der Waals surface area contributed by atoms with E-state index in [2.05, 4.69) is 4.98 Å². The maximum Gasteiger partial charge on any atom is 0.337 e. The van der Waals surface area contributed by atoms with Gasteiger partial charge in [0, 0.05) is 24.4 Å². The second-order valence-electron chi connectivity index (χ2n) is 8.02. The van der Waals surface area contributed by atoms with Crippen LogP contribution >= 0.6 is 0 Å². The minimum Gasteiger partial charge on any atom is -0.479 e. The number of carboxylic acids is 1. The number of aromatic nitrogens is 1. The van der Waals surface area contributed by atoms with Crippen LogP contribution in [0.15, 0.2) is 12.3 Å². The minimum atomic E-state index is -1.99. The van der Waals surface area contributed by atoms with Crippen molar-refractivity contribution in [2.24, 2.45) is 17.6 Å². The number of aryl methyl sites for hydroxylation is 1. The molecular weight excluding hydrogens is 316 g/mol. The fourth-order valence-electron chi connectivity index (χ4n) is 3.38. The molecule has 2 atom stereocenters. The van der Waals surface area contributed by atoms with E-state index in [0.29, 0.717) is 12.1 Å². The molecule has 1 saturated carbocycles. The number of pyridine rings is 1. The van der Waals surface area contributed by atoms with Crippen molar-refractivity contribution in [3.05, 3.63) is 29.1 Å². The molecule has 5 nitrogen and oxygen atoms in total. The van der Waals surface area contributed by atoms with Gasteiger partial charge in [0.2, 0.25) is 0 Å². The van der Waals surface area contributed by atoms with E-state index < -0.39 is 17.6 Å². The molecule has 140 valence electrons. The van der Waals surface area contributed by atoms with E-state index in [1.54, 1.807) is 6.20 Å². The van der Waals surface area contributed by atoms with Crippen molar-refractivity contribution in [1.82, 2.24) is 4.98 Å². The van der Waals surface area contributed by atoms with Gasteiger partial charge in [0.15, 0.2) is 5.60 Å². The Balaban J connectivity index is 2.13. The number of aliphatic hydroxyl groups is 1. The average Bonchev–Trinajstić information content (AvgIpc) is 3.34. The molecule has 0 unspecified atom stereocenters. The van der Waals surface area contributed by atoms with Crippen molar-refractivity contribution < 1.29 is 15.0 Å². The molecular formula is C20H32N2O3. The van der Waals surface area contributed by atoms with Gasteiger partial charge in [-0.1, -0.05) is 33.1 Å². The Morgan fingerprint density at radius 3 is 2.68 bits per heavy atom. The highest BCUT2D eigenvalue weighted by Crippen LogP contribution is 2.34. The van der Waals surface area contributed by atoms with Crippen molar-refractivity contribution in [3.63, 3.8) is 0 Å². The second kappa shape index (κ2) is 8.28. The van der Waals surface area contributed by atoms with Crippen LogP contribution < -0.4 is 5.73 Å². The van der Waals surface area contributed by atoms with Gasteiger partial charge in [-0.3, -0.25) is 4.98 Å². The number of carbonyl (C=O) groups is 1. The maximum atomic E-state index is 11.7. The zero-order valence-corrected chi connectivity index (χ0v) is 15.7. The van der Waals surface area contributed by atoms with E-state index in [-0.39, 0.29) is 12.3 Å². The molecule has 1 fully saturated rings. The normalized spacial score (nSPS) is 18.2. The van der Waals surface area contributed by atoms with Gasteiger partial charge in [-0.2, -0.15) is 0 Å². The van der Waals surface area contributed by atoms with Crippen LogP contribution in [0.25, 0.3) is 0 Å². The third kappa shape index (κ3) is 5.25. The van der Waals surface area contributed by atoms with Crippen LogP contribution in [0, 0.1) is 18.8 Å². The molecule has 2 rings (SSSR count). The maximum absolute atomic E-state index is 11.7. The lowest BCUT2D eigenvalue weighted by Crippen LogP contribution is -2.56. The predicted molar refractivity (Wildman–Crippen MR) is 98.4 cm³/mol. The molecule has 0 radical (unpaired) electrons. The summed E-state index contributed by atoms with van der Waals surface area (Å²) in [6.45, 7) is 5.89. The zero-order chi connectivity index (χ0) is 18.6. The van der Waals surface area contributed by atoms with E-state index in [9.17, 15) is 15.0 Å². The lowest BCUT2D eigenvalue weighted by Gasteiger charge is -2.31. The molecule has 1 aromatic heterocycles. The van der Waals surface area contributed by atoms with Gasteiger partial charge < -0.3 is 15.9 Å². The van der Waals surface area contributed by atoms with Crippen molar-refractivity contribution in [2.45, 2.75) is 77.4 Å². The van der Waals surface area contributed by atoms with Crippen molar-refractivity contribution in [1.29, 1.82) is 0 Å². The van der Waals surface area contributed by atoms with Crippen LogP contribution in [-0.4, -0.2) is 32.8 Å². The Kier molecular flexibility index (Phi) is 6.58. The number of hydrogen-bond donors (Lipinski definition) is 3. The molecule has 1 aliphatic rings. The number of rotatable bonds is 10. The molecule has 1 heterocycles. The number of carboxylic acid groups (broad SMARTS) is 1. The Bertz CT molecular complexity index is 599. The Morgan fingerprint density at radius 2 is 2.12 bits per heavy atom. The molecule has 0 amide bonds. The molecule has 4 N–H and O–H groups in total. The fourth-order valence-corrected chi connectivity index (χ4v) is 3.38. The van der Waals surface area contributed by atoms with Gasteiger partial charge in [-0.15, -0.1) is 0 Å². The summed E-state index contributed by atoms with van der Waals surface area (Å²) in [5.41, 5.74) is 6.86. The molecule has 0 aromatic carbocycles. The summed E-state index contributed by atoms with van der Waals surface area (Å²) in [6, 6.07) is 1.17. The molecule has 0 aliphatic heterocycles. The van der Waals surface area contributed by atoms with Gasteiger partial charge in [-0.25, -0.2) is 4.79 Å². The van der Waals surface area contributed by atoms with Crippen LogP contribution in [0.5, 0.6) is 0 Å². The highest BCUT2D eigenvalue weighted by atomic mass is 16.4. The molecule has 0 bridgehead atoms. The van der Waals surface area contributed by atoms with E-state index in [0.717, 1.165) is 24.3 Å². The van der Waals surface area contributed by atoms with Gasteiger partial charge in [-0.05, 0) is 55.2 Å². The SMILES string of the molecule is Cc1c(CCCC2CC2)ccnc1C[C@](O)(C(=O)O)[C@@H](N)CC(C)C. The standard InChI is InChI=1S/C20H32N2O3/c1-13(2)11-18(21)20(25,19(23)24)12-17-14(3)16(9-10-22-17)6-4-5-15-7-8-15/h9-10,13,15,18,25H,4-8,11-12,21H2,1-3H3,(H,23,24)/t18-,20+/m0/s1. The van der Waals surface area contributed by atoms with Crippen molar-refractivity contribution in [3.8, 4) is 0 Å². The summed E-state index contributed by atoms with van der Waals surface area (Å²) in [5, 5.41) is 20.4. The van der Waals surface area contributed by atoms with Crippen LogP contribution in [0.1, 0.15) is 62.8 Å². The highest BCUT2D eigenvalue weighted by molar-refractivity contribution is 5.78. The summed E-state index contributed by atoms with van der Waals surface area (Å²) in [6.07, 6.45) is 8.20. The van der Waals surface area contributed by atoms with E-state index in [1.165, 1.54) is 24.8 Å². The molecule has 0 saturated heterocycles. The molecule has 1 aliphatic carbocycles. The Labute approximate surface area is 150 Å². The summed E-state index contributed by atoms with van der Waals surface area (Å²) < 4.78 is 0. The fraction of sp³-hybridized carbons (Fsp3) is 0.700. The summed E-state index contributed by atoms with van der Waals surface area (Å²) in [5.74, 6) is -0.155. The van der Waals surface area contributed by atoms with Gasteiger partial charge in [0.1, 0.15) is 0 Å². The Hall–Kier alpha value is -1.46. The van der Waals surface area contributed by atoms with E-state index >= 15 is 0 Å². The van der Waals surface area contributed by atoms with Gasteiger partial charge >= 0.3 is 5.97 Å². The zero-order valence-electron chi connectivity index (χ0n) is 15.7. The second-order valence-corrected chi connectivity index (χ2v) is 8.02. The van der Waals surface area contributed by atoms with E-state index in [1.807, 2.05) is 26.8 Å². The topological polar surface area (TPSA) is 96.4 Å². The number of nitrogens with zero attached hydrogens (tertiary/aromatic N) is 1. The van der Waals surface area contributed by atoms with Crippen LogP contribution in [0.2, 0.25) is 0 Å². The molecule has 5 heteroatoms. The van der Waals surface area contributed by atoms with Gasteiger partial charge in [0.25, 0.3) is 0 Å². The first kappa shape index (κ1) is 19.9. The van der Waals surface area contributed by atoms with Gasteiger partial charge in [0.05, 0.1) is 0 Å². The van der Waals surface area contributed by atoms with Crippen molar-refractivity contribution >= 4 is 5.97 Å². The van der Waals surface area contributed by atoms with E-state index in [4.69, 9.17) is 5.73 Å². The molecule has 25 heavy (non-hydrogen) atoms. The number of nitrogens with two attached hydrogens (primary N) is 1. The third-order valence-corrected chi connectivity index (χ3v) is 5.32. The number of aliphatic carboxylic acids is 1. The van der Waals surface area contributed by atoms with Crippen LogP contribution in [-0.2, 0) is 17.6 Å². The smallest absolute Gasteiger partial charge is 0.337 e. The average molecular weight is 348 g/mol. The largest absolute Gasteiger partial charge is 0.479 e. The lowest BCUT2D eigenvalue weighted by molar-refractivity contribution is -0.161. The Morgan fingerprint density at radius 1 is 1.44 bits per heavy atom. The summed E-state index contributed by atoms with van der Waals surface area (Å²) in [4.78, 5) is 16.1. The monoisotopic (exact) mass is 348 g/mol. The summed E-state index contributed by atoms with van der Waals surface area (Å²) in [7, 11) is 0. The quantitative estimate of drug-likeness (QED) is 0.604. The van der Waals surface area contributed by atoms with Crippen LogP contribution in [0.4, 0.5) is 0 Å². The molecule has 1 aromatic rings. The lowest BCUT2D eigenvalue weighted by atomic mass is 9.83. The first-order chi connectivity index (χ1) is 11.7. The first-order valence-electron chi connectivity index (χ1n) is 9.38. The number of hydrogen-bond acceptors (Lipinski definition) is 4. The first-order valence-corrected chi connectivity index (χ1v) is 9.38. The van der Waals surface area contributed by atoms with Crippen LogP contribution in [0.3, 0.4) is 0 Å². The minimum absolute atomic E-state index is 0.0570. The third-order valence-electron chi connectivity index (χ3n) is 5.32.